The number of para-hydroxylation sites is 1. The summed E-state index contributed by atoms with van der Waals surface area (Å²) in [6.45, 7) is 2.05. The molecule has 0 heterocycles. The predicted octanol–water partition coefficient (Wildman–Crippen LogP) is 1.91. The molecule has 116 valence electrons. The first-order valence-electron chi connectivity index (χ1n) is 7.44. The van der Waals surface area contributed by atoms with E-state index in [0.717, 1.165) is 19.4 Å². The number of hydrogen-bond acceptors (Lipinski definition) is 4. The van der Waals surface area contributed by atoms with Gasteiger partial charge in [-0.15, -0.1) is 0 Å². The van der Waals surface area contributed by atoms with Crippen LogP contribution in [-0.2, 0) is 0 Å². The third-order valence-electron chi connectivity index (χ3n) is 4.15. The van der Waals surface area contributed by atoms with Gasteiger partial charge in [0.05, 0.1) is 0 Å². The van der Waals surface area contributed by atoms with E-state index in [0.29, 0.717) is 18.9 Å². The lowest BCUT2D eigenvalue weighted by molar-refractivity contribution is 0.0692. The molecule has 0 unspecified atom stereocenters. The summed E-state index contributed by atoms with van der Waals surface area (Å²) in [6, 6.07) is 6.63. The van der Waals surface area contributed by atoms with Gasteiger partial charge >= 0.3 is 5.97 Å². The molecule has 1 aliphatic carbocycles. The first kappa shape index (κ1) is 15.8. The number of hydrogen-bond donors (Lipinski definition) is 3. The highest BCUT2D eigenvalue weighted by atomic mass is 16.5. The van der Waals surface area contributed by atoms with Crippen molar-refractivity contribution in [2.24, 2.45) is 5.41 Å². The third kappa shape index (κ3) is 4.19. The molecule has 0 aromatic heterocycles. The van der Waals surface area contributed by atoms with Crippen LogP contribution in [0, 0.1) is 5.41 Å². The first-order valence-corrected chi connectivity index (χ1v) is 7.44. The van der Waals surface area contributed by atoms with Crippen LogP contribution in [0.3, 0.4) is 0 Å². The highest BCUT2D eigenvalue weighted by molar-refractivity contribution is 5.90. The third-order valence-corrected chi connectivity index (χ3v) is 4.15. The summed E-state index contributed by atoms with van der Waals surface area (Å²) in [6.07, 6.45) is 4.51. The van der Waals surface area contributed by atoms with E-state index < -0.39 is 5.97 Å². The van der Waals surface area contributed by atoms with Gasteiger partial charge in [0, 0.05) is 25.1 Å². The Morgan fingerprint density at radius 2 is 2.00 bits per heavy atom. The van der Waals surface area contributed by atoms with Crippen molar-refractivity contribution >= 4 is 5.97 Å². The zero-order valence-electron chi connectivity index (χ0n) is 12.2. The molecule has 3 N–H and O–H groups in total. The number of aromatic carboxylic acids is 1. The maximum atomic E-state index is 11.0. The van der Waals surface area contributed by atoms with Crippen LogP contribution in [0.1, 0.15) is 36.0 Å². The average molecular weight is 293 g/mol. The molecule has 0 spiro atoms. The van der Waals surface area contributed by atoms with Gasteiger partial charge in [-0.2, -0.15) is 0 Å². The highest BCUT2D eigenvalue weighted by Crippen LogP contribution is 2.36. The zero-order chi connectivity index (χ0) is 15.1. The number of carbonyl (C=O) groups is 1. The van der Waals surface area contributed by atoms with Crippen molar-refractivity contribution in [3.05, 3.63) is 29.8 Å². The van der Waals surface area contributed by atoms with Crippen LogP contribution < -0.4 is 10.1 Å². The Morgan fingerprint density at radius 1 is 1.29 bits per heavy atom. The van der Waals surface area contributed by atoms with Gasteiger partial charge in [-0.1, -0.05) is 25.0 Å². The molecule has 0 aliphatic heterocycles. The molecule has 1 saturated carbocycles. The number of aliphatic hydroxyl groups is 1. The minimum atomic E-state index is -0.983. The number of aliphatic hydroxyl groups excluding tert-OH is 1. The number of carboxylic acid groups (broad SMARTS) is 1. The quantitative estimate of drug-likeness (QED) is 0.638. The first-order chi connectivity index (χ1) is 10.2. The van der Waals surface area contributed by atoms with E-state index in [4.69, 9.17) is 9.84 Å². The van der Waals surface area contributed by atoms with Crippen molar-refractivity contribution in [3.63, 3.8) is 0 Å². The summed E-state index contributed by atoms with van der Waals surface area (Å²) in [4.78, 5) is 11.0. The van der Waals surface area contributed by atoms with E-state index in [1.807, 2.05) is 0 Å². The number of nitrogens with one attached hydrogen (secondary N) is 1. The molecule has 1 aromatic carbocycles. The molecule has 0 amide bonds. The summed E-state index contributed by atoms with van der Waals surface area (Å²) >= 11 is 0. The van der Waals surface area contributed by atoms with E-state index in [-0.39, 0.29) is 17.6 Å². The average Bonchev–Trinajstić information content (AvgIpc) is 2.96. The number of ether oxygens (including phenoxy) is 1. The van der Waals surface area contributed by atoms with Crippen molar-refractivity contribution in [1.29, 1.82) is 0 Å². The Labute approximate surface area is 124 Å². The lowest BCUT2D eigenvalue weighted by Gasteiger charge is -2.26. The van der Waals surface area contributed by atoms with Gasteiger partial charge in [0.2, 0.25) is 0 Å². The van der Waals surface area contributed by atoms with E-state index in [1.165, 1.54) is 18.9 Å². The molecule has 0 atom stereocenters. The summed E-state index contributed by atoms with van der Waals surface area (Å²) in [5, 5.41) is 21.9. The Balaban J connectivity index is 1.74. The molecular weight excluding hydrogens is 270 g/mol. The Kier molecular flexibility index (Phi) is 5.59. The summed E-state index contributed by atoms with van der Waals surface area (Å²) in [7, 11) is 0. The number of benzene rings is 1. The van der Waals surface area contributed by atoms with E-state index in [9.17, 15) is 9.90 Å². The second-order valence-electron chi connectivity index (χ2n) is 5.69. The van der Waals surface area contributed by atoms with E-state index in [2.05, 4.69) is 5.32 Å². The lowest BCUT2D eigenvalue weighted by atomic mass is 9.87. The topological polar surface area (TPSA) is 78.8 Å². The van der Waals surface area contributed by atoms with Crippen LogP contribution in [0.15, 0.2) is 24.3 Å². The van der Waals surface area contributed by atoms with Crippen molar-refractivity contribution in [2.45, 2.75) is 25.7 Å². The smallest absolute Gasteiger partial charge is 0.339 e. The van der Waals surface area contributed by atoms with Crippen LogP contribution in [0.4, 0.5) is 0 Å². The molecule has 21 heavy (non-hydrogen) atoms. The number of carboxylic acids is 1. The van der Waals surface area contributed by atoms with E-state index in [1.54, 1.807) is 18.2 Å². The normalized spacial score (nSPS) is 16.8. The molecule has 5 heteroatoms. The van der Waals surface area contributed by atoms with Gasteiger partial charge in [-0.25, -0.2) is 4.79 Å². The molecule has 0 saturated heterocycles. The second-order valence-corrected chi connectivity index (χ2v) is 5.69. The van der Waals surface area contributed by atoms with Gasteiger partial charge in [-0.3, -0.25) is 0 Å². The van der Waals surface area contributed by atoms with Crippen LogP contribution in [0.5, 0.6) is 5.75 Å². The van der Waals surface area contributed by atoms with Crippen LogP contribution >= 0.6 is 0 Å². The Morgan fingerprint density at radius 3 is 2.67 bits per heavy atom. The standard InChI is InChI=1S/C16H23NO4/c18-12-16(7-3-4-8-16)11-17-9-10-21-14-6-2-1-5-13(14)15(19)20/h1-2,5-6,17-18H,3-4,7-12H2,(H,19,20). The van der Waals surface area contributed by atoms with Crippen molar-refractivity contribution in [3.8, 4) is 5.75 Å². The molecule has 5 nitrogen and oxygen atoms in total. The lowest BCUT2D eigenvalue weighted by Crippen LogP contribution is -2.36. The molecule has 1 aliphatic rings. The minimum absolute atomic E-state index is 0.0268. The maximum Gasteiger partial charge on any atom is 0.339 e. The fourth-order valence-electron chi connectivity index (χ4n) is 2.87. The SMILES string of the molecule is O=C(O)c1ccccc1OCCNCC1(CO)CCCC1. The molecular formula is C16H23NO4. The monoisotopic (exact) mass is 293 g/mol. The number of rotatable bonds is 8. The van der Waals surface area contributed by atoms with Gasteiger partial charge in [-0.05, 0) is 25.0 Å². The minimum Gasteiger partial charge on any atom is -0.491 e. The van der Waals surface area contributed by atoms with Gasteiger partial charge < -0.3 is 20.3 Å². The van der Waals surface area contributed by atoms with Crippen molar-refractivity contribution in [2.75, 3.05) is 26.3 Å². The molecule has 2 rings (SSSR count). The fourth-order valence-corrected chi connectivity index (χ4v) is 2.87. The predicted molar refractivity (Wildman–Crippen MR) is 79.8 cm³/mol. The molecule has 1 fully saturated rings. The largest absolute Gasteiger partial charge is 0.491 e. The molecule has 1 aromatic rings. The van der Waals surface area contributed by atoms with Crippen LogP contribution in [0.25, 0.3) is 0 Å². The van der Waals surface area contributed by atoms with E-state index >= 15 is 0 Å². The van der Waals surface area contributed by atoms with Gasteiger partial charge in [0.1, 0.15) is 17.9 Å². The second kappa shape index (κ2) is 7.43. The Hall–Kier alpha value is -1.59. The highest BCUT2D eigenvalue weighted by Gasteiger charge is 2.32. The van der Waals surface area contributed by atoms with Crippen molar-refractivity contribution < 1.29 is 19.7 Å². The summed E-state index contributed by atoms with van der Waals surface area (Å²) in [5.74, 6) is -0.590. The maximum absolute atomic E-state index is 11.0. The van der Waals surface area contributed by atoms with Gasteiger partial charge in [0.25, 0.3) is 0 Å². The van der Waals surface area contributed by atoms with Crippen molar-refractivity contribution in [1.82, 2.24) is 5.32 Å². The fraction of sp³-hybridized carbons (Fsp3) is 0.562. The van der Waals surface area contributed by atoms with Gasteiger partial charge in [0.15, 0.2) is 0 Å². The molecule has 0 bridgehead atoms. The van der Waals surface area contributed by atoms with Crippen LogP contribution in [-0.4, -0.2) is 42.5 Å². The Bertz CT molecular complexity index is 469. The van der Waals surface area contributed by atoms with Crippen LogP contribution in [0.2, 0.25) is 0 Å². The summed E-state index contributed by atoms with van der Waals surface area (Å²) < 4.78 is 5.52. The molecule has 0 radical (unpaired) electrons. The zero-order valence-corrected chi connectivity index (χ0v) is 12.2. The summed E-state index contributed by atoms with van der Waals surface area (Å²) in [5.41, 5.74) is 0.207.